The molecule has 0 radical (unpaired) electrons. The van der Waals surface area contributed by atoms with E-state index in [0.717, 1.165) is 18.0 Å². The van der Waals surface area contributed by atoms with Crippen LogP contribution in [-0.2, 0) is 0 Å². The monoisotopic (exact) mass is 180 g/mol. The first-order valence-electron chi connectivity index (χ1n) is 4.82. The first-order valence-corrected chi connectivity index (χ1v) is 4.82. The standard InChI is InChI=1S/C10H16N2O/c1-7-4-5-12(3)10(7)9-6-8(2)11-13-9/h6-7,10H,4-5H2,1-3H3/t7-,10-/m1/s1. The van der Waals surface area contributed by atoms with E-state index in [1.54, 1.807) is 0 Å². The highest BCUT2D eigenvalue weighted by molar-refractivity contribution is 5.10. The van der Waals surface area contributed by atoms with Crippen LogP contribution in [0.5, 0.6) is 0 Å². The molecule has 72 valence electrons. The van der Waals surface area contributed by atoms with Crippen LogP contribution >= 0.6 is 0 Å². The maximum absolute atomic E-state index is 5.30. The molecule has 1 saturated heterocycles. The van der Waals surface area contributed by atoms with Crippen molar-refractivity contribution in [3.05, 3.63) is 17.5 Å². The Bertz CT molecular complexity index is 285. The van der Waals surface area contributed by atoms with Gasteiger partial charge < -0.3 is 4.52 Å². The Morgan fingerprint density at radius 3 is 2.85 bits per heavy atom. The van der Waals surface area contributed by atoms with Gasteiger partial charge >= 0.3 is 0 Å². The predicted octanol–water partition coefficient (Wildman–Crippen LogP) is 2.00. The zero-order chi connectivity index (χ0) is 9.42. The molecular weight excluding hydrogens is 164 g/mol. The predicted molar refractivity (Wildman–Crippen MR) is 50.4 cm³/mol. The third kappa shape index (κ3) is 1.48. The molecule has 1 aliphatic heterocycles. The summed E-state index contributed by atoms with van der Waals surface area (Å²) in [6, 6.07) is 2.48. The number of likely N-dealkylation sites (tertiary alicyclic amines) is 1. The highest BCUT2D eigenvalue weighted by Gasteiger charge is 2.32. The maximum Gasteiger partial charge on any atom is 0.154 e. The van der Waals surface area contributed by atoms with E-state index in [1.165, 1.54) is 6.42 Å². The van der Waals surface area contributed by atoms with Crippen molar-refractivity contribution in [3.8, 4) is 0 Å². The minimum atomic E-state index is 0.432. The highest BCUT2D eigenvalue weighted by Crippen LogP contribution is 2.35. The van der Waals surface area contributed by atoms with Crippen LogP contribution < -0.4 is 0 Å². The molecule has 2 rings (SSSR count). The number of nitrogens with zero attached hydrogens (tertiary/aromatic N) is 2. The summed E-state index contributed by atoms with van der Waals surface area (Å²) in [5.41, 5.74) is 0.975. The van der Waals surface area contributed by atoms with E-state index in [1.807, 2.05) is 13.0 Å². The van der Waals surface area contributed by atoms with Crippen LogP contribution in [0.15, 0.2) is 10.6 Å². The fraction of sp³-hybridized carbons (Fsp3) is 0.700. The van der Waals surface area contributed by atoms with Gasteiger partial charge in [-0.3, -0.25) is 4.90 Å². The molecule has 0 unspecified atom stereocenters. The lowest BCUT2D eigenvalue weighted by Crippen LogP contribution is -2.19. The summed E-state index contributed by atoms with van der Waals surface area (Å²) < 4.78 is 5.30. The minimum Gasteiger partial charge on any atom is -0.359 e. The van der Waals surface area contributed by atoms with Crippen LogP contribution in [0.3, 0.4) is 0 Å². The van der Waals surface area contributed by atoms with Crippen LogP contribution in [0.4, 0.5) is 0 Å². The molecule has 3 heteroatoms. The molecule has 0 bridgehead atoms. The summed E-state index contributed by atoms with van der Waals surface area (Å²) in [7, 11) is 2.14. The second kappa shape index (κ2) is 3.14. The Labute approximate surface area is 78.7 Å². The van der Waals surface area contributed by atoms with Gasteiger partial charge in [-0.1, -0.05) is 12.1 Å². The summed E-state index contributed by atoms with van der Waals surface area (Å²) in [5.74, 6) is 1.70. The Kier molecular flexibility index (Phi) is 2.12. The van der Waals surface area contributed by atoms with Gasteiger partial charge in [-0.25, -0.2) is 0 Å². The maximum atomic E-state index is 5.30. The van der Waals surface area contributed by atoms with Crippen LogP contribution in [0.2, 0.25) is 0 Å². The third-order valence-electron chi connectivity index (χ3n) is 2.89. The number of hydrogen-bond acceptors (Lipinski definition) is 3. The van der Waals surface area contributed by atoms with Crippen molar-refractivity contribution < 1.29 is 4.52 Å². The molecule has 2 heterocycles. The van der Waals surface area contributed by atoms with Crippen LogP contribution in [0.25, 0.3) is 0 Å². The van der Waals surface area contributed by atoms with E-state index >= 15 is 0 Å². The lowest BCUT2D eigenvalue weighted by molar-refractivity contribution is 0.225. The summed E-state index contributed by atoms with van der Waals surface area (Å²) in [4.78, 5) is 2.34. The van der Waals surface area contributed by atoms with Crippen LogP contribution in [0, 0.1) is 12.8 Å². The molecule has 0 spiro atoms. The van der Waals surface area contributed by atoms with Gasteiger partial charge in [0.25, 0.3) is 0 Å². The average Bonchev–Trinajstić information content (AvgIpc) is 2.60. The molecule has 3 nitrogen and oxygen atoms in total. The second-order valence-electron chi connectivity index (χ2n) is 4.06. The number of hydrogen-bond donors (Lipinski definition) is 0. The summed E-state index contributed by atoms with van der Waals surface area (Å²) in [6.07, 6.45) is 1.25. The van der Waals surface area contributed by atoms with Crippen molar-refractivity contribution in [2.24, 2.45) is 5.92 Å². The Morgan fingerprint density at radius 2 is 2.38 bits per heavy atom. The third-order valence-corrected chi connectivity index (χ3v) is 2.89. The molecule has 1 aliphatic rings. The highest BCUT2D eigenvalue weighted by atomic mass is 16.5. The van der Waals surface area contributed by atoms with Crippen molar-refractivity contribution in [1.29, 1.82) is 0 Å². The number of aryl methyl sites for hydroxylation is 1. The average molecular weight is 180 g/mol. The topological polar surface area (TPSA) is 29.3 Å². The SMILES string of the molecule is Cc1cc([C@H]2[C@H](C)CCN2C)on1. The van der Waals surface area contributed by atoms with Gasteiger partial charge in [0, 0.05) is 6.07 Å². The van der Waals surface area contributed by atoms with E-state index in [9.17, 15) is 0 Å². The number of rotatable bonds is 1. The fourth-order valence-electron chi connectivity index (χ4n) is 2.16. The first-order chi connectivity index (χ1) is 6.18. The smallest absolute Gasteiger partial charge is 0.154 e. The van der Waals surface area contributed by atoms with Crippen LogP contribution in [0.1, 0.15) is 30.8 Å². The van der Waals surface area contributed by atoms with Gasteiger partial charge in [0.15, 0.2) is 5.76 Å². The van der Waals surface area contributed by atoms with Gasteiger partial charge in [-0.2, -0.15) is 0 Å². The minimum absolute atomic E-state index is 0.432. The molecule has 0 aromatic carbocycles. The van der Waals surface area contributed by atoms with Crippen molar-refractivity contribution >= 4 is 0 Å². The van der Waals surface area contributed by atoms with Crippen molar-refractivity contribution in [3.63, 3.8) is 0 Å². The molecule has 0 N–H and O–H groups in total. The summed E-state index contributed by atoms with van der Waals surface area (Å²) in [5, 5.41) is 3.93. The first kappa shape index (κ1) is 8.75. The number of aromatic nitrogens is 1. The second-order valence-corrected chi connectivity index (χ2v) is 4.06. The van der Waals surface area contributed by atoms with Gasteiger partial charge in [0.05, 0.1) is 11.7 Å². The fourth-order valence-corrected chi connectivity index (χ4v) is 2.16. The van der Waals surface area contributed by atoms with Gasteiger partial charge in [0.1, 0.15) is 0 Å². The molecule has 1 aromatic heterocycles. The van der Waals surface area contributed by atoms with Crippen molar-refractivity contribution in [2.75, 3.05) is 13.6 Å². The molecule has 1 aromatic rings. The molecule has 2 atom stereocenters. The quantitative estimate of drug-likeness (QED) is 0.662. The largest absolute Gasteiger partial charge is 0.359 e. The zero-order valence-corrected chi connectivity index (χ0v) is 8.45. The summed E-state index contributed by atoms with van der Waals surface area (Å²) in [6.45, 7) is 5.39. The molecular formula is C10H16N2O. The lowest BCUT2D eigenvalue weighted by Gasteiger charge is -2.19. The molecule has 13 heavy (non-hydrogen) atoms. The van der Waals surface area contributed by atoms with Gasteiger partial charge in [-0.05, 0) is 32.9 Å². The van der Waals surface area contributed by atoms with Crippen molar-refractivity contribution in [1.82, 2.24) is 10.1 Å². The molecule has 0 saturated carbocycles. The molecule has 1 fully saturated rings. The normalized spacial score (nSPS) is 29.8. The summed E-state index contributed by atoms with van der Waals surface area (Å²) >= 11 is 0. The van der Waals surface area contributed by atoms with E-state index in [0.29, 0.717) is 12.0 Å². The Hall–Kier alpha value is -0.830. The van der Waals surface area contributed by atoms with E-state index in [2.05, 4.69) is 24.0 Å². The van der Waals surface area contributed by atoms with E-state index < -0.39 is 0 Å². The van der Waals surface area contributed by atoms with E-state index in [4.69, 9.17) is 4.52 Å². The molecule has 0 amide bonds. The van der Waals surface area contributed by atoms with Crippen LogP contribution in [-0.4, -0.2) is 23.6 Å². The van der Waals surface area contributed by atoms with Gasteiger partial charge in [-0.15, -0.1) is 0 Å². The molecule has 0 aliphatic carbocycles. The Morgan fingerprint density at radius 1 is 1.62 bits per heavy atom. The Balaban J connectivity index is 2.24. The van der Waals surface area contributed by atoms with Crippen molar-refractivity contribution in [2.45, 2.75) is 26.3 Å². The zero-order valence-electron chi connectivity index (χ0n) is 8.45. The lowest BCUT2D eigenvalue weighted by atomic mass is 10.0. The van der Waals surface area contributed by atoms with Gasteiger partial charge in [0.2, 0.25) is 0 Å². The van der Waals surface area contributed by atoms with E-state index in [-0.39, 0.29) is 0 Å².